The molecule has 0 amide bonds. The van der Waals surface area contributed by atoms with Gasteiger partial charge in [0.1, 0.15) is 0 Å². The lowest BCUT2D eigenvalue weighted by molar-refractivity contribution is 0.104. The highest BCUT2D eigenvalue weighted by molar-refractivity contribution is 6.49. The zero-order valence-corrected chi connectivity index (χ0v) is 12.2. The van der Waals surface area contributed by atoms with Crippen molar-refractivity contribution in [1.29, 1.82) is 0 Å². The molecule has 1 aromatic carbocycles. The van der Waals surface area contributed by atoms with E-state index in [0.717, 1.165) is 5.56 Å². The lowest BCUT2D eigenvalue weighted by Crippen LogP contribution is -1.96. The van der Waals surface area contributed by atoms with Crippen molar-refractivity contribution in [2.75, 3.05) is 0 Å². The molecule has 0 unspecified atom stereocenters. The first kappa shape index (κ1) is 14.1. The first-order valence-corrected chi connectivity index (χ1v) is 6.47. The zero-order chi connectivity index (χ0) is 14.0. The van der Waals surface area contributed by atoms with Gasteiger partial charge in [-0.1, -0.05) is 34.8 Å². The molecular weight excluding hydrogens is 307 g/mol. The maximum absolute atomic E-state index is 12.0. The third kappa shape index (κ3) is 3.18. The summed E-state index contributed by atoms with van der Waals surface area (Å²) in [7, 11) is 1.80. The van der Waals surface area contributed by atoms with Crippen molar-refractivity contribution in [3.63, 3.8) is 0 Å². The molecule has 3 nitrogen and oxygen atoms in total. The van der Waals surface area contributed by atoms with E-state index < -0.39 is 0 Å². The minimum Gasteiger partial charge on any atom is -0.289 e. The Balaban J connectivity index is 2.26. The molecule has 0 fully saturated rings. The number of hydrogen-bond donors (Lipinski definition) is 0. The number of carbonyl (C=O) groups excluding carboxylic acids is 1. The smallest absolute Gasteiger partial charge is 0.187 e. The number of aryl methyl sites for hydroxylation is 1. The highest BCUT2D eigenvalue weighted by atomic mass is 35.5. The molecule has 0 atom stereocenters. The van der Waals surface area contributed by atoms with Crippen LogP contribution in [0.2, 0.25) is 15.1 Å². The topological polar surface area (TPSA) is 34.9 Å². The third-order valence-corrected chi connectivity index (χ3v) is 3.75. The van der Waals surface area contributed by atoms with E-state index in [2.05, 4.69) is 5.10 Å². The lowest BCUT2D eigenvalue weighted by atomic mass is 10.1. The van der Waals surface area contributed by atoms with Gasteiger partial charge in [0.2, 0.25) is 0 Å². The number of halogens is 3. The Morgan fingerprint density at radius 2 is 2.00 bits per heavy atom. The molecule has 0 radical (unpaired) electrons. The quantitative estimate of drug-likeness (QED) is 0.481. The molecular formula is C13H9Cl3N2O. The van der Waals surface area contributed by atoms with Gasteiger partial charge in [-0.2, -0.15) is 5.10 Å². The fraction of sp³-hybridized carbons (Fsp3) is 0.0769. The third-order valence-electron chi connectivity index (χ3n) is 2.45. The van der Waals surface area contributed by atoms with Gasteiger partial charge in [0.05, 0.1) is 21.3 Å². The van der Waals surface area contributed by atoms with Crippen LogP contribution in [-0.2, 0) is 7.05 Å². The molecule has 0 saturated heterocycles. The van der Waals surface area contributed by atoms with E-state index in [9.17, 15) is 4.79 Å². The summed E-state index contributed by atoms with van der Waals surface area (Å²) in [4.78, 5) is 12.0. The van der Waals surface area contributed by atoms with E-state index in [0.29, 0.717) is 10.6 Å². The van der Waals surface area contributed by atoms with Crippen molar-refractivity contribution >= 4 is 46.7 Å². The number of ketones is 1. The molecule has 98 valence electrons. The number of carbonyl (C=O) groups is 1. The Bertz CT molecular complexity index is 662. The molecule has 1 aromatic heterocycles. The van der Waals surface area contributed by atoms with Crippen LogP contribution in [0, 0.1) is 0 Å². The predicted molar refractivity (Wildman–Crippen MR) is 78.0 cm³/mol. The minimum absolute atomic E-state index is 0.162. The summed E-state index contributed by atoms with van der Waals surface area (Å²) < 4.78 is 1.65. The van der Waals surface area contributed by atoms with Gasteiger partial charge in [0.25, 0.3) is 0 Å². The summed E-state index contributed by atoms with van der Waals surface area (Å²) >= 11 is 17.7. The van der Waals surface area contributed by atoms with E-state index >= 15 is 0 Å². The van der Waals surface area contributed by atoms with Gasteiger partial charge in [-0.15, -0.1) is 0 Å². The van der Waals surface area contributed by atoms with Gasteiger partial charge >= 0.3 is 0 Å². The number of aromatic nitrogens is 2. The van der Waals surface area contributed by atoms with Crippen LogP contribution in [0.3, 0.4) is 0 Å². The zero-order valence-electron chi connectivity index (χ0n) is 9.90. The van der Waals surface area contributed by atoms with E-state index in [4.69, 9.17) is 34.8 Å². The fourth-order valence-corrected chi connectivity index (χ4v) is 2.13. The predicted octanol–water partition coefficient (Wildman–Crippen LogP) is 4.28. The molecule has 0 aliphatic rings. The summed E-state index contributed by atoms with van der Waals surface area (Å²) in [5.41, 5.74) is 1.14. The molecule has 2 aromatic rings. The second-order valence-electron chi connectivity index (χ2n) is 3.87. The average molecular weight is 316 g/mol. The largest absolute Gasteiger partial charge is 0.289 e. The summed E-state index contributed by atoms with van der Waals surface area (Å²) in [5, 5.41) is 4.67. The van der Waals surface area contributed by atoms with Gasteiger partial charge in [0, 0.05) is 24.4 Å². The molecule has 0 bridgehead atoms. The standard InChI is InChI=1S/C13H9Cl3N2O/c1-18-7-8(6-17-18)2-5-11(19)9-3-4-10(14)13(16)12(9)15/h2-7H,1H3/b5-2+. The minimum atomic E-state index is -0.243. The number of rotatable bonds is 3. The van der Waals surface area contributed by atoms with Gasteiger partial charge in [-0.05, 0) is 24.3 Å². The van der Waals surface area contributed by atoms with Crippen LogP contribution in [0.5, 0.6) is 0 Å². The number of hydrogen-bond acceptors (Lipinski definition) is 2. The van der Waals surface area contributed by atoms with Crippen molar-refractivity contribution in [3.05, 3.63) is 56.8 Å². The van der Waals surface area contributed by atoms with Crippen LogP contribution >= 0.6 is 34.8 Å². The highest BCUT2D eigenvalue weighted by Gasteiger charge is 2.13. The molecule has 2 rings (SSSR count). The Morgan fingerprint density at radius 3 is 2.63 bits per heavy atom. The van der Waals surface area contributed by atoms with Crippen molar-refractivity contribution in [3.8, 4) is 0 Å². The molecule has 0 saturated carbocycles. The van der Waals surface area contributed by atoms with Gasteiger partial charge in [-0.25, -0.2) is 0 Å². The van der Waals surface area contributed by atoms with Crippen LogP contribution in [0.1, 0.15) is 15.9 Å². The van der Waals surface area contributed by atoms with Gasteiger partial charge < -0.3 is 0 Å². The summed E-state index contributed by atoms with van der Waals surface area (Å²) in [6.45, 7) is 0. The summed E-state index contributed by atoms with van der Waals surface area (Å²) in [5.74, 6) is -0.243. The first-order valence-electron chi connectivity index (χ1n) is 5.33. The van der Waals surface area contributed by atoms with Crippen LogP contribution < -0.4 is 0 Å². The SMILES string of the molecule is Cn1cc(/C=C/C(=O)c2ccc(Cl)c(Cl)c2Cl)cn1. The molecule has 19 heavy (non-hydrogen) atoms. The Morgan fingerprint density at radius 1 is 1.26 bits per heavy atom. The summed E-state index contributed by atoms with van der Waals surface area (Å²) in [6.07, 6.45) is 6.52. The monoisotopic (exact) mass is 314 g/mol. The van der Waals surface area contributed by atoms with Crippen molar-refractivity contribution < 1.29 is 4.79 Å². The molecule has 1 heterocycles. The van der Waals surface area contributed by atoms with E-state index in [1.165, 1.54) is 6.08 Å². The van der Waals surface area contributed by atoms with Crippen LogP contribution in [0.15, 0.2) is 30.6 Å². The van der Waals surface area contributed by atoms with Crippen molar-refractivity contribution in [2.45, 2.75) is 0 Å². The average Bonchev–Trinajstić information content (AvgIpc) is 2.79. The van der Waals surface area contributed by atoms with Crippen LogP contribution in [0.4, 0.5) is 0 Å². The van der Waals surface area contributed by atoms with Crippen molar-refractivity contribution in [2.24, 2.45) is 7.05 Å². The highest BCUT2D eigenvalue weighted by Crippen LogP contribution is 2.32. The normalized spacial score (nSPS) is 11.2. The summed E-state index contributed by atoms with van der Waals surface area (Å²) in [6, 6.07) is 3.09. The molecule has 0 aliphatic heterocycles. The Kier molecular flexibility index (Phi) is 4.30. The second kappa shape index (κ2) is 5.78. The maximum atomic E-state index is 12.0. The number of nitrogens with zero attached hydrogens (tertiary/aromatic N) is 2. The van der Waals surface area contributed by atoms with Crippen LogP contribution in [-0.4, -0.2) is 15.6 Å². The lowest BCUT2D eigenvalue weighted by Gasteiger charge is -2.03. The Labute approximate surface area is 125 Å². The first-order chi connectivity index (χ1) is 8.99. The maximum Gasteiger partial charge on any atom is 0.187 e. The van der Waals surface area contributed by atoms with E-state index in [1.807, 2.05) is 0 Å². The molecule has 0 aliphatic carbocycles. The Hall–Kier alpha value is -1.29. The van der Waals surface area contributed by atoms with Crippen molar-refractivity contribution in [1.82, 2.24) is 9.78 Å². The number of allylic oxidation sites excluding steroid dienone is 1. The van der Waals surface area contributed by atoms with Crippen LogP contribution in [0.25, 0.3) is 6.08 Å². The van der Waals surface area contributed by atoms with E-state index in [1.54, 1.807) is 42.3 Å². The molecule has 0 spiro atoms. The fourth-order valence-electron chi connectivity index (χ4n) is 1.50. The van der Waals surface area contributed by atoms with Gasteiger partial charge in [0.15, 0.2) is 5.78 Å². The second-order valence-corrected chi connectivity index (χ2v) is 5.03. The van der Waals surface area contributed by atoms with E-state index in [-0.39, 0.29) is 15.8 Å². The molecule has 6 heteroatoms. The number of benzene rings is 1. The van der Waals surface area contributed by atoms with Gasteiger partial charge in [-0.3, -0.25) is 9.48 Å². The molecule has 0 N–H and O–H groups in total.